The Morgan fingerprint density at radius 3 is 2.61 bits per heavy atom. The van der Waals surface area contributed by atoms with Gasteiger partial charge in [-0.25, -0.2) is 9.18 Å². The van der Waals surface area contributed by atoms with Gasteiger partial charge in [-0.2, -0.15) is 0 Å². The summed E-state index contributed by atoms with van der Waals surface area (Å²) in [7, 11) is 0. The molecule has 0 aliphatic rings. The van der Waals surface area contributed by atoms with E-state index in [1.165, 1.54) is 13.0 Å². The molecule has 1 unspecified atom stereocenters. The van der Waals surface area contributed by atoms with E-state index < -0.39 is 17.8 Å². The second-order valence-corrected chi connectivity index (χ2v) is 5.26. The van der Waals surface area contributed by atoms with Crippen LogP contribution in [0.3, 0.4) is 0 Å². The number of ether oxygens (including phenoxy) is 1. The van der Waals surface area contributed by atoms with Gasteiger partial charge in [-0.05, 0) is 32.0 Å². The Kier molecular flexibility index (Phi) is 5.46. The van der Waals surface area contributed by atoms with Crippen LogP contribution in [0.25, 0.3) is 0 Å². The fourth-order valence-electron chi connectivity index (χ4n) is 2.01. The lowest BCUT2D eigenvalue weighted by Gasteiger charge is -2.14. The minimum atomic E-state index is -0.824. The van der Waals surface area contributed by atoms with Gasteiger partial charge in [0, 0.05) is 11.1 Å². The van der Waals surface area contributed by atoms with Crippen molar-refractivity contribution in [2.45, 2.75) is 26.5 Å². The molecule has 2 rings (SSSR count). The van der Waals surface area contributed by atoms with E-state index in [2.05, 4.69) is 5.32 Å². The molecular formula is C18H18FNO3. The van der Waals surface area contributed by atoms with Gasteiger partial charge in [-0.3, -0.25) is 4.79 Å². The lowest BCUT2D eigenvalue weighted by atomic mass is 10.1. The summed E-state index contributed by atoms with van der Waals surface area (Å²) >= 11 is 0. The van der Waals surface area contributed by atoms with Crippen molar-refractivity contribution in [3.05, 3.63) is 71.0 Å². The van der Waals surface area contributed by atoms with Gasteiger partial charge in [0.2, 0.25) is 0 Å². The van der Waals surface area contributed by atoms with Crippen molar-refractivity contribution in [3.8, 4) is 0 Å². The molecule has 1 atom stereocenters. The first kappa shape index (κ1) is 16.7. The highest BCUT2D eigenvalue weighted by Crippen LogP contribution is 2.09. The van der Waals surface area contributed by atoms with Crippen molar-refractivity contribution < 1.29 is 18.7 Å². The van der Waals surface area contributed by atoms with Crippen molar-refractivity contribution in [3.63, 3.8) is 0 Å². The molecule has 0 aliphatic carbocycles. The number of halogens is 1. The number of nitrogens with one attached hydrogen (secondary N) is 1. The minimum absolute atomic E-state index is 0.170. The molecule has 0 saturated carbocycles. The van der Waals surface area contributed by atoms with Crippen LogP contribution in [-0.2, 0) is 16.1 Å². The third-order valence-electron chi connectivity index (χ3n) is 3.31. The minimum Gasteiger partial charge on any atom is -0.459 e. The SMILES string of the molecule is Cc1cccc(C(=O)NC(C)C(=O)OCc2ccccc2F)c1. The van der Waals surface area contributed by atoms with Crippen molar-refractivity contribution in [1.29, 1.82) is 0 Å². The summed E-state index contributed by atoms with van der Waals surface area (Å²) in [5, 5.41) is 2.57. The Morgan fingerprint density at radius 2 is 1.91 bits per heavy atom. The molecule has 120 valence electrons. The number of carbonyl (C=O) groups excluding carboxylic acids is 2. The highest BCUT2D eigenvalue weighted by Gasteiger charge is 2.18. The normalized spacial score (nSPS) is 11.6. The largest absolute Gasteiger partial charge is 0.459 e. The molecule has 0 aliphatic heterocycles. The lowest BCUT2D eigenvalue weighted by Crippen LogP contribution is -2.39. The molecule has 0 saturated heterocycles. The first-order valence-electron chi connectivity index (χ1n) is 7.25. The average molecular weight is 315 g/mol. The molecule has 0 bridgehead atoms. The quantitative estimate of drug-likeness (QED) is 0.863. The lowest BCUT2D eigenvalue weighted by molar-refractivity contribution is -0.146. The summed E-state index contributed by atoms with van der Waals surface area (Å²) in [5.74, 6) is -1.41. The molecule has 0 heterocycles. The van der Waals surface area contributed by atoms with Crippen molar-refractivity contribution in [1.82, 2.24) is 5.32 Å². The Bertz CT molecular complexity index is 715. The van der Waals surface area contributed by atoms with Crippen molar-refractivity contribution >= 4 is 11.9 Å². The fourth-order valence-corrected chi connectivity index (χ4v) is 2.01. The molecule has 2 aromatic rings. The molecule has 0 aromatic heterocycles. The first-order chi connectivity index (χ1) is 11.0. The van der Waals surface area contributed by atoms with E-state index in [0.717, 1.165) is 5.56 Å². The molecule has 0 radical (unpaired) electrons. The smallest absolute Gasteiger partial charge is 0.328 e. The number of benzene rings is 2. The highest BCUT2D eigenvalue weighted by molar-refractivity contribution is 5.96. The van der Waals surface area contributed by atoms with Gasteiger partial charge in [0.05, 0.1) is 0 Å². The zero-order valence-electron chi connectivity index (χ0n) is 13.0. The molecule has 2 aromatic carbocycles. The summed E-state index contributed by atoms with van der Waals surface area (Å²) < 4.78 is 18.5. The zero-order chi connectivity index (χ0) is 16.8. The van der Waals surface area contributed by atoms with Crippen LogP contribution in [-0.4, -0.2) is 17.9 Å². The summed E-state index contributed by atoms with van der Waals surface area (Å²) in [6.07, 6.45) is 0. The van der Waals surface area contributed by atoms with Crippen LogP contribution in [0.2, 0.25) is 0 Å². The molecule has 23 heavy (non-hydrogen) atoms. The second-order valence-electron chi connectivity index (χ2n) is 5.26. The predicted molar refractivity (Wildman–Crippen MR) is 84.3 cm³/mol. The van der Waals surface area contributed by atoms with Gasteiger partial charge in [-0.15, -0.1) is 0 Å². The molecule has 5 heteroatoms. The van der Waals surface area contributed by atoms with Crippen molar-refractivity contribution in [2.75, 3.05) is 0 Å². The molecular weight excluding hydrogens is 297 g/mol. The van der Waals surface area contributed by atoms with Crippen LogP contribution < -0.4 is 5.32 Å². The number of esters is 1. The van der Waals surface area contributed by atoms with Gasteiger partial charge >= 0.3 is 5.97 Å². The zero-order valence-corrected chi connectivity index (χ0v) is 13.0. The second kappa shape index (κ2) is 7.54. The molecule has 1 N–H and O–H groups in total. The van der Waals surface area contributed by atoms with E-state index in [0.29, 0.717) is 5.56 Å². The van der Waals surface area contributed by atoms with E-state index >= 15 is 0 Å². The topological polar surface area (TPSA) is 55.4 Å². The summed E-state index contributed by atoms with van der Waals surface area (Å²) in [5.41, 5.74) is 1.71. The number of hydrogen-bond acceptors (Lipinski definition) is 3. The Hall–Kier alpha value is -2.69. The van der Waals surface area contributed by atoms with Gasteiger partial charge in [0.15, 0.2) is 0 Å². The number of amides is 1. The third kappa shape index (κ3) is 4.64. The summed E-state index contributed by atoms with van der Waals surface area (Å²) in [6.45, 7) is 3.23. The summed E-state index contributed by atoms with van der Waals surface area (Å²) in [6, 6.07) is 12.3. The highest BCUT2D eigenvalue weighted by atomic mass is 19.1. The molecule has 1 amide bonds. The van der Waals surface area contributed by atoms with E-state index in [1.54, 1.807) is 36.4 Å². The van der Waals surface area contributed by atoms with Crippen LogP contribution in [0.1, 0.15) is 28.4 Å². The van der Waals surface area contributed by atoms with Crippen LogP contribution in [0.15, 0.2) is 48.5 Å². The van der Waals surface area contributed by atoms with E-state index in [9.17, 15) is 14.0 Å². The van der Waals surface area contributed by atoms with Crippen LogP contribution >= 0.6 is 0 Å². The molecule has 0 spiro atoms. The van der Waals surface area contributed by atoms with Crippen LogP contribution in [0.5, 0.6) is 0 Å². The predicted octanol–water partition coefficient (Wildman–Crippen LogP) is 3.00. The molecule has 0 fully saturated rings. The number of aryl methyl sites for hydroxylation is 1. The van der Waals surface area contributed by atoms with E-state index in [-0.39, 0.29) is 18.1 Å². The average Bonchev–Trinajstić information content (AvgIpc) is 2.53. The fraction of sp³-hybridized carbons (Fsp3) is 0.222. The Balaban J connectivity index is 1.90. The maximum atomic E-state index is 13.4. The number of carbonyl (C=O) groups is 2. The standard InChI is InChI=1S/C18H18FNO3/c1-12-6-5-8-14(10-12)17(21)20-13(2)18(22)23-11-15-7-3-4-9-16(15)19/h3-10,13H,11H2,1-2H3,(H,20,21). The number of hydrogen-bond donors (Lipinski definition) is 1. The summed E-state index contributed by atoms with van der Waals surface area (Å²) in [4.78, 5) is 24.0. The Labute approximate surface area is 134 Å². The van der Waals surface area contributed by atoms with Gasteiger partial charge in [0.25, 0.3) is 5.91 Å². The van der Waals surface area contributed by atoms with E-state index in [1.807, 2.05) is 13.0 Å². The monoisotopic (exact) mass is 315 g/mol. The molecule has 4 nitrogen and oxygen atoms in total. The van der Waals surface area contributed by atoms with Crippen LogP contribution in [0.4, 0.5) is 4.39 Å². The van der Waals surface area contributed by atoms with Crippen molar-refractivity contribution in [2.24, 2.45) is 0 Å². The van der Waals surface area contributed by atoms with Crippen LogP contribution in [0, 0.1) is 12.7 Å². The third-order valence-corrected chi connectivity index (χ3v) is 3.31. The van der Waals surface area contributed by atoms with Gasteiger partial charge in [-0.1, -0.05) is 35.9 Å². The maximum Gasteiger partial charge on any atom is 0.328 e. The van der Waals surface area contributed by atoms with Gasteiger partial charge < -0.3 is 10.1 Å². The van der Waals surface area contributed by atoms with E-state index in [4.69, 9.17) is 4.74 Å². The van der Waals surface area contributed by atoms with Gasteiger partial charge in [0.1, 0.15) is 18.5 Å². The number of rotatable bonds is 5. The Morgan fingerprint density at radius 1 is 1.17 bits per heavy atom. The maximum absolute atomic E-state index is 13.4. The first-order valence-corrected chi connectivity index (χ1v) is 7.25.